The van der Waals surface area contributed by atoms with E-state index in [1.165, 1.54) is 31.4 Å². The molecule has 0 fully saturated rings. The Balaban J connectivity index is 3.02. The molecule has 1 rings (SSSR count). The van der Waals surface area contributed by atoms with Crippen molar-refractivity contribution in [1.82, 2.24) is 4.31 Å². The minimum Gasteiger partial charge on any atom is -0.478 e. The minimum absolute atomic E-state index is 0.00884. The maximum Gasteiger partial charge on any atom is 0.335 e. The summed E-state index contributed by atoms with van der Waals surface area (Å²) in [5.74, 6) is -1.12. The predicted molar refractivity (Wildman–Crippen MR) is 71.1 cm³/mol. The van der Waals surface area contributed by atoms with E-state index in [2.05, 4.69) is 0 Å². The predicted octanol–water partition coefficient (Wildman–Crippen LogP) is 0.0142. The summed E-state index contributed by atoms with van der Waals surface area (Å²) in [6.07, 6.45) is 0. The molecule has 0 aliphatic rings. The van der Waals surface area contributed by atoms with Crippen LogP contribution in [-0.4, -0.2) is 62.3 Å². The topological polar surface area (TPSA) is 104 Å². The van der Waals surface area contributed by atoms with E-state index in [1.54, 1.807) is 0 Å². The number of sulfonamides is 1. The quantitative estimate of drug-likeness (QED) is 0.701. The van der Waals surface area contributed by atoms with Gasteiger partial charge in [-0.2, -0.15) is 4.31 Å². The number of carboxylic acid groups (broad SMARTS) is 1. The van der Waals surface area contributed by atoms with Gasteiger partial charge in [-0.05, 0) is 24.3 Å². The van der Waals surface area contributed by atoms with E-state index >= 15 is 0 Å². The third-order valence-corrected chi connectivity index (χ3v) is 4.55. The van der Waals surface area contributed by atoms with E-state index < -0.39 is 16.0 Å². The third-order valence-electron chi connectivity index (χ3n) is 2.63. The number of aliphatic hydroxyl groups excluding tert-OH is 1. The van der Waals surface area contributed by atoms with Gasteiger partial charge in [0.2, 0.25) is 10.0 Å². The van der Waals surface area contributed by atoms with Crippen molar-refractivity contribution in [2.75, 3.05) is 33.4 Å². The van der Waals surface area contributed by atoms with E-state index in [9.17, 15) is 13.2 Å². The van der Waals surface area contributed by atoms with Crippen LogP contribution in [0.1, 0.15) is 10.4 Å². The Morgan fingerprint density at radius 3 is 2.30 bits per heavy atom. The van der Waals surface area contributed by atoms with Crippen LogP contribution in [0.2, 0.25) is 0 Å². The normalized spacial score (nSPS) is 11.8. The number of hydrogen-bond acceptors (Lipinski definition) is 5. The Morgan fingerprint density at radius 2 is 1.85 bits per heavy atom. The molecule has 0 aliphatic carbocycles. The van der Waals surface area contributed by atoms with Crippen molar-refractivity contribution in [3.8, 4) is 0 Å². The molecular weight excluding hydrogens is 286 g/mol. The number of rotatable bonds is 8. The van der Waals surface area contributed by atoms with Gasteiger partial charge >= 0.3 is 5.97 Å². The van der Waals surface area contributed by atoms with Crippen molar-refractivity contribution in [1.29, 1.82) is 0 Å². The molecule has 0 saturated carbocycles. The fraction of sp³-hybridized carbons (Fsp3) is 0.417. The average Bonchev–Trinajstić information content (AvgIpc) is 2.43. The summed E-state index contributed by atoms with van der Waals surface area (Å²) in [5, 5.41) is 17.7. The molecule has 0 atom stereocenters. The Labute approximate surface area is 117 Å². The average molecular weight is 303 g/mol. The lowest BCUT2D eigenvalue weighted by atomic mass is 10.2. The van der Waals surface area contributed by atoms with Crippen molar-refractivity contribution in [3.05, 3.63) is 29.8 Å². The lowest BCUT2D eigenvalue weighted by molar-refractivity contribution is 0.0696. The van der Waals surface area contributed by atoms with Crippen LogP contribution >= 0.6 is 0 Å². The van der Waals surface area contributed by atoms with Gasteiger partial charge in [-0.25, -0.2) is 13.2 Å². The summed E-state index contributed by atoms with van der Waals surface area (Å²) < 4.78 is 30.6. The van der Waals surface area contributed by atoms with Crippen LogP contribution in [-0.2, 0) is 14.8 Å². The number of hydrogen-bond donors (Lipinski definition) is 2. The highest BCUT2D eigenvalue weighted by Crippen LogP contribution is 2.16. The van der Waals surface area contributed by atoms with E-state index in [1.807, 2.05) is 0 Å². The van der Waals surface area contributed by atoms with E-state index in [0.29, 0.717) is 0 Å². The highest BCUT2D eigenvalue weighted by Gasteiger charge is 2.23. The Hall–Kier alpha value is -1.48. The molecule has 112 valence electrons. The zero-order valence-electron chi connectivity index (χ0n) is 11.0. The first-order chi connectivity index (χ1) is 9.43. The fourth-order valence-corrected chi connectivity index (χ4v) is 2.99. The van der Waals surface area contributed by atoms with E-state index in [-0.39, 0.29) is 36.8 Å². The van der Waals surface area contributed by atoms with Gasteiger partial charge in [0.15, 0.2) is 0 Å². The van der Waals surface area contributed by atoms with Gasteiger partial charge in [0, 0.05) is 20.2 Å². The molecule has 0 heterocycles. The zero-order chi connectivity index (χ0) is 15.2. The molecule has 20 heavy (non-hydrogen) atoms. The van der Waals surface area contributed by atoms with Gasteiger partial charge in [0.05, 0.1) is 23.7 Å². The molecule has 0 radical (unpaired) electrons. The molecule has 8 heteroatoms. The lowest BCUT2D eigenvalue weighted by Crippen LogP contribution is -2.36. The highest BCUT2D eigenvalue weighted by atomic mass is 32.2. The molecule has 1 aromatic rings. The summed E-state index contributed by atoms with van der Waals surface area (Å²) in [6.45, 7) is -0.0466. The standard InChI is InChI=1S/C12H17NO6S/c1-19-9-7-13(6-8-14)20(17,18)11-4-2-10(3-5-11)12(15)16/h2-5,14H,6-9H2,1H3,(H,15,16). The summed E-state index contributed by atoms with van der Waals surface area (Å²) >= 11 is 0. The fourth-order valence-electron chi connectivity index (χ4n) is 1.58. The van der Waals surface area contributed by atoms with E-state index in [0.717, 1.165) is 4.31 Å². The van der Waals surface area contributed by atoms with Crippen LogP contribution in [0, 0.1) is 0 Å². The molecule has 0 bridgehead atoms. The first kappa shape index (κ1) is 16.6. The molecule has 0 aromatic heterocycles. The molecule has 0 amide bonds. The van der Waals surface area contributed by atoms with Crippen molar-refractivity contribution < 1.29 is 28.2 Å². The maximum absolute atomic E-state index is 12.3. The van der Waals surface area contributed by atoms with Crippen LogP contribution in [0.25, 0.3) is 0 Å². The SMILES string of the molecule is COCCN(CCO)S(=O)(=O)c1ccc(C(=O)O)cc1. The Morgan fingerprint density at radius 1 is 1.25 bits per heavy atom. The monoisotopic (exact) mass is 303 g/mol. The molecule has 0 saturated heterocycles. The van der Waals surface area contributed by atoms with E-state index in [4.69, 9.17) is 14.9 Å². The summed E-state index contributed by atoms with van der Waals surface area (Å²) in [4.78, 5) is 10.7. The lowest BCUT2D eigenvalue weighted by Gasteiger charge is -2.20. The molecule has 0 aliphatic heterocycles. The van der Waals surface area contributed by atoms with Crippen LogP contribution < -0.4 is 0 Å². The number of aliphatic hydroxyl groups is 1. The first-order valence-corrected chi connectivity index (χ1v) is 7.30. The third kappa shape index (κ3) is 4.01. The zero-order valence-corrected chi connectivity index (χ0v) is 11.8. The second kappa shape index (κ2) is 7.34. The van der Waals surface area contributed by atoms with Gasteiger partial charge in [-0.1, -0.05) is 0 Å². The van der Waals surface area contributed by atoms with Crippen LogP contribution in [0.4, 0.5) is 0 Å². The molecular formula is C12H17NO6S. The largest absolute Gasteiger partial charge is 0.478 e. The minimum atomic E-state index is -3.78. The molecule has 0 unspecified atom stereocenters. The summed E-state index contributed by atoms with van der Waals surface area (Å²) in [7, 11) is -2.33. The summed E-state index contributed by atoms with van der Waals surface area (Å²) in [6, 6.07) is 4.91. The van der Waals surface area contributed by atoms with Gasteiger partial charge < -0.3 is 14.9 Å². The Bertz CT molecular complexity index is 540. The number of carbonyl (C=O) groups is 1. The molecule has 0 spiro atoms. The van der Waals surface area contributed by atoms with Crippen LogP contribution in [0.3, 0.4) is 0 Å². The van der Waals surface area contributed by atoms with Gasteiger partial charge in [-0.3, -0.25) is 0 Å². The Kier molecular flexibility index (Phi) is 6.08. The molecule has 2 N–H and O–H groups in total. The smallest absolute Gasteiger partial charge is 0.335 e. The number of carboxylic acids is 1. The van der Waals surface area contributed by atoms with Crippen molar-refractivity contribution >= 4 is 16.0 Å². The number of aromatic carboxylic acids is 1. The second-order valence-corrected chi connectivity index (χ2v) is 5.89. The van der Waals surface area contributed by atoms with Gasteiger partial charge in [0.1, 0.15) is 0 Å². The molecule has 1 aromatic carbocycles. The first-order valence-electron chi connectivity index (χ1n) is 5.86. The maximum atomic E-state index is 12.3. The number of methoxy groups -OCH3 is 1. The number of nitrogens with zero attached hydrogens (tertiary/aromatic N) is 1. The van der Waals surface area contributed by atoms with Gasteiger partial charge in [0.25, 0.3) is 0 Å². The molecule has 7 nitrogen and oxygen atoms in total. The number of benzene rings is 1. The summed E-state index contributed by atoms with van der Waals surface area (Å²) in [5.41, 5.74) is 0.00884. The number of ether oxygens (including phenoxy) is 1. The highest BCUT2D eigenvalue weighted by molar-refractivity contribution is 7.89. The van der Waals surface area contributed by atoms with Crippen LogP contribution in [0.15, 0.2) is 29.2 Å². The van der Waals surface area contributed by atoms with Gasteiger partial charge in [-0.15, -0.1) is 0 Å². The van der Waals surface area contributed by atoms with Crippen molar-refractivity contribution in [2.24, 2.45) is 0 Å². The van der Waals surface area contributed by atoms with Crippen molar-refractivity contribution in [2.45, 2.75) is 4.90 Å². The van der Waals surface area contributed by atoms with Crippen molar-refractivity contribution in [3.63, 3.8) is 0 Å². The second-order valence-electron chi connectivity index (χ2n) is 3.95. The van der Waals surface area contributed by atoms with Crippen LogP contribution in [0.5, 0.6) is 0 Å².